The van der Waals surface area contributed by atoms with Crippen LogP contribution in [0.1, 0.15) is 10.9 Å². The number of nitrogens with zero attached hydrogens (tertiary/aromatic N) is 4. The minimum absolute atomic E-state index is 0.154. The first kappa shape index (κ1) is 21.6. The average Bonchev–Trinajstić information content (AvgIpc) is 3.25. The fourth-order valence-corrected chi connectivity index (χ4v) is 4.76. The first-order valence-corrected chi connectivity index (χ1v) is 11.6. The van der Waals surface area contributed by atoms with Crippen molar-refractivity contribution < 1.29 is 9.18 Å². The van der Waals surface area contributed by atoms with Gasteiger partial charge in [0.05, 0.1) is 24.0 Å². The number of hydrogen-bond acceptors (Lipinski definition) is 6. The molecule has 0 saturated carbocycles. The van der Waals surface area contributed by atoms with Crippen molar-refractivity contribution in [2.24, 2.45) is 0 Å². The Hall–Kier alpha value is -2.60. The van der Waals surface area contributed by atoms with Crippen molar-refractivity contribution in [2.45, 2.75) is 5.92 Å². The molecule has 1 fully saturated rings. The summed E-state index contributed by atoms with van der Waals surface area (Å²) in [4.78, 5) is 21.4. The molecule has 1 atom stereocenters. The van der Waals surface area contributed by atoms with Crippen LogP contribution >= 0.6 is 27.3 Å². The van der Waals surface area contributed by atoms with Gasteiger partial charge in [-0.2, -0.15) is 5.26 Å². The summed E-state index contributed by atoms with van der Waals surface area (Å²) in [5, 5.41) is 12.0. The fourth-order valence-electron chi connectivity index (χ4n) is 3.61. The van der Waals surface area contributed by atoms with Crippen molar-refractivity contribution >= 4 is 38.7 Å². The summed E-state index contributed by atoms with van der Waals surface area (Å²) in [5.74, 6) is -1.26. The number of para-hydroxylation sites is 1. The average molecular weight is 499 g/mol. The minimum atomic E-state index is -0.876. The van der Waals surface area contributed by atoms with E-state index < -0.39 is 5.92 Å². The van der Waals surface area contributed by atoms with Crippen LogP contribution < -0.4 is 4.90 Å². The molecule has 3 aromatic rings. The zero-order valence-electron chi connectivity index (χ0n) is 16.7. The third kappa shape index (κ3) is 5.01. The normalized spacial score (nSPS) is 15.5. The molecule has 4 rings (SSSR count). The first-order chi connectivity index (χ1) is 15.0. The smallest absolute Gasteiger partial charge is 0.170 e. The van der Waals surface area contributed by atoms with Crippen LogP contribution in [0.25, 0.3) is 11.3 Å². The number of halogens is 2. The second-order valence-corrected chi connectivity index (χ2v) is 9.13. The summed E-state index contributed by atoms with van der Waals surface area (Å²) in [6.45, 7) is 2.74. The van der Waals surface area contributed by atoms with Crippen molar-refractivity contribution in [3.8, 4) is 17.3 Å². The third-order valence-corrected chi connectivity index (χ3v) is 6.74. The molecule has 0 aliphatic carbocycles. The second kappa shape index (κ2) is 9.69. The number of piperazine rings is 1. The lowest BCUT2D eigenvalue weighted by Crippen LogP contribution is -2.48. The maximum absolute atomic E-state index is 14.0. The second-order valence-electron chi connectivity index (χ2n) is 7.32. The molecule has 5 nitrogen and oxygen atoms in total. The van der Waals surface area contributed by atoms with Gasteiger partial charge in [-0.15, -0.1) is 11.3 Å². The van der Waals surface area contributed by atoms with Crippen LogP contribution in [0.2, 0.25) is 0 Å². The molecule has 0 amide bonds. The standard InChI is InChI=1S/C23H20BrFN4OS/c24-17-7-5-16(6-8-17)20-15-31-23(27-20)18(13-26)22(30)14-28-9-11-29(12-10-28)21-4-2-1-3-19(21)25/h1-8,15,18H,9-12,14H2/t18-/m1/s1. The van der Waals surface area contributed by atoms with Gasteiger partial charge in [0.1, 0.15) is 10.8 Å². The van der Waals surface area contributed by atoms with Crippen LogP contribution in [0.4, 0.5) is 10.1 Å². The summed E-state index contributed by atoms with van der Waals surface area (Å²) in [6.07, 6.45) is 0. The maximum Gasteiger partial charge on any atom is 0.170 e. The van der Waals surface area contributed by atoms with Crippen LogP contribution in [0.3, 0.4) is 0 Å². The zero-order chi connectivity index (χ0) is 21.8. The number of nitriles is 1. The number of aromatic nitrogens is 1. The van der Waals surface area contributed by atoms with E-state index in [4.69, 9.17) is 0 Å². The molecule has 2 heterocycles. The van der Waals surface area contributed by atoms with Crippen molar-refractivity contribution in [3.63, 3.8) is 0 Å². The first-order valence-electron chi connectivity index (χ1n) is 9.90. The van der Waals surface area contributed by atoms with E-state index in [9.17, 15) is 14.4 Å². The molecule has 0 N–H and O–H groups in total. The SMILES string of the molecule is N#C[C@H](C(=O)CN1CCN(c2ccccc2F)CC1)c1nc(-c2ccc(Br)cc2)cs1. The predicted molar refractivity (Wildman–Crippen MR) is 124 cm³/mol. The van der Waals surface area contributed by atoms with Gasteiger partial charge in [-0.05, 0) is 24.3 Å². The zero-order valence-corrected chi connectivity index (χ0v) is 19.1. The van der Waals surface area contributed by atoms with Crippen molar-refractivity contribution in [1.29, 1.82) is 5.26 Å². The van der Waals surface area contributed by atoms with Gasteiger partial charge in [0.15, 0.2) is 11.7 Å². The van der Waals surface area contributed by atoms with Gasteiger partial charge in [-0.1, -0.05) is 40.2 Å². The van der Waals surface area contributed by atoms with Gasteiger partial charge in [0.2, 0.25) is 0 Å². The van der Waals surface area contributed by atoms with Gasteiger partial charge < -0.3 is 4.90 Å². The van der Waals surface area contributed by atoms with E-state index in [1.807, 2.05) is 45.5 Å². The Bertz CT molecular complexity index is 1100. The van der Waals surface area contributed by atoms with E-state index in [1.165, 1.54) is 17.4 Å². The quantitative estimate of drug-likeness (QED) is 0.492. The highest BCUT2D eigenvalue weighted by molar-refractivity contribution is 9.10. The van der Waals surface area contributed by atoms with Gasteiger partial charge >= 0.3 is 0 Å². The molecule has 8 heteroatoms. The highest BCUT2D eigenvalue weighted by Gasteiger charge is 2.27. The number of rotatable bonds is 6. The number of Topliss-reactive ketones (excluding diaryl/α,β-unsaturated/α-hetero) is 1. The third-order valence-electron chi connectivity index (χ3n) is 5.30. The van der Waals surface area contributed by atoms with Crippen molar-refractivity contribution in [1.82, 2.24) is 9.88 Å². The predicted octanol–water partition coefficient (Wildman–Crippen LogP) is 4.71. The highest BCUT2D eigenvalue weighted by Crippen LogP contribution is 2.28. The van der Waals surface area contributed by atoms with E-state index >= 15 is 0 Å². The summed E-state index contributed by atoms with van der Waals surface area (Å²) < 4.78 is 15.0. The Balaban J connectivity index is 1.37. The molecule has 31 heavy (non-hydrogen) atoms. The van der Waals surface area contributed by atoms with E-state index in [-0.39, 0.29) is 18.1 Å². The number of hydrogen-bond donors (Lipinski definition) is 0. The molecular weight excluding hydrogens is 479 g/mol. The number of ketones is 1. The summed E-state index contributed by atoms with van der Waals surface area (Å²) >= 11 is 4.75. The molecular formula is C23H20BrFN4OS. The van der Waals surface area contributed by atoms with Gasteiger partial charge in [0, 0.05) is 41.6 Å². The lowest BCUT2D eigenvalue weighted by Gasteiger charge is -2.36. The van der Waals surface area contributed by atoms with Gasteiger partial charge in [-0.25, -0.2) is 9.37 Å². The molecule has 0 radical (unpaired) electrons. The molecule has 1 saturated heterocycles. The van der Waals surface area contributed by atoms with Crippen molar-refractivity contribution in [3.05, 3.63) is 69.2 Å². The number of carbonyl (C=O) groups excluding carboxylic acids is 1. The lowest BCUT2D eigenvalue weighted by atomic mass is 10.1. The van der Waals surface area contributed by atoms with Crippen LogP contribution in [0.5, 0.6) is 0 Å². The molecule has 158 valence electrons. The van der Waals surface area contributed by atoms with E-state index in [2.05, 4.69) is 27.0 Å². The summed E-state index contributed by atoms with van der Waals surface area (Å²) in [7, 11) is 0. The van der Waals surface area contributed by atoms with Crippen molar-refractivity contribution in [2.75, 3.05) is 37.6 Å². The summed E-state index contributed by atoms with van der Waals surface area (Å²) in [5.41, 5.74) is 2.30. The number of anilines is 1. The van der Waals surface area contributed by atoms with Gasteiger partial charge in [0.25, 0.3) is 0 Å². The molecule has 0 bridgehead atoms. The fraction of sp³-hybridized carbons (Fsp3) is 0.261. The van der Waals surface area contributed by atoms with E-state index in [0.717, 1.165) is 15.7 Å². The Kier molecular flexibility index (Phi) is 6.76. The number of benzene rings is 2. The lowest BCUT2D eigenvalue weighted by molar-refractivity contribution is -0.120. The van der Waals surface area contributed by atoms with E-state index in [0.29, 0.717) is 36.9 Å². The Morgan fingerprint density at radius 3 is 2.55 bits per heavy atom. The largest absolute Gasteiger partial charge is 0.367 e. The number of carbonyl (C=O) groups is 1. The van der Waals surface area contributed by atoms with Crippen LogP contribution in [0, 0.1) is 17.1 Å². The monoisotopic (exact) mass is 498 g/mol. The van der Waals surface area contributed by atoms with Gasteiger partial charge in [-0.3, -0.25) is 9.69 Å². The van der Waals surface area contributed by atoms with E-state index in [1.54, 1.807) is 12.1 Å². The molecule has 1 aliphatic heterocycles. The Morgan fingerprint density at radius 1 is 1.16 bits per heavy atom. The molecule has 2 aromatic carbocycles. The number of thiazole rings is 1. The Labute approximate surface area is 192 Å². The Morgan fingerprint density at radius 2 is 1.87 bits per heavy atom. The maximum atomic E-state index is 14.0. The molecule has 1 aliphatic rings. The molecule has 0 spiro atoms. The van der Waals surface area contributed by atoms with Crippen LogP contribution in [-0.4, -0.2) is 48.4 Å². The summed E-state index contributed by atoms with van der Waals surface area (Å²) in [6, 6.07) is 16.6. The van der Waals surface area contributed by atoms with Crippen LogP contribution in [0.15, 0.2) is 58.4 Å². The highest BCUT2D eigenvalue weighted by atomic mass is 79.9. The van der Waals surface area contributed by atoms with Crippen LogP contribution in [-0.2, 0) is 4.79 Å². The molecule has 0 unspecified atom stereocenters. The topological polar surface area (TPSA) is 60.2 Å². The molecule has 1 aromatic heterocycles. The minimum Gasteiger partial charge on any atom is -0.367 e.